The van der Waals surface area contributed by atoms with Crippen LogP contribution in [0.3, 0.4) is 0 Å². The van der Waals surface area contributed by atoms with Gasteiger partial charge in [0.05, 0.1) is 18.8 Å². The highest BCUT2D eigenvalue weighted by atomic mass is 16.5. The van der Waals surface area contributed by atoms with E-state index in [-0.39, 0.29) is 18.1 Å². The lowest BCUT2D eigenvalue weighted by Crippen LogP contribution is -2.50. The van der Waals surface area contributed by atoms with Crippen molar-refractivity contribution in [3.8, 4) is 0 Å². The van der Waals surface area contributed by atoms with Crippen molar-refractivity contribution in [1.29, 1.82) is 0 Å². The third-order valence-electron chi connectivity index (χ3n) is 4.16. The molecule has 2 atom stereocenters. The summed E-state index contributed by atoms with van der Waals surface area (Å²) in [5, 5.41) is 3.38. The second-order valence-electron chi connectivity index (χ2n) is 5.85. The summed E-state index contributed by atoms with van der Waals surface area (Å²) in [7, 11) is 0. The summed E-state index contributed by atoms with van der Waals surface area (Å²) in [6.07, 6.45) is 2.31. The molecule has 0 bridgehead atoms. The summed E-state index contributed by atoms with van der Waals surface area (Å²) >= 11 is 0. The number of fused-ring (bicyclic) bond motifs is 1. The number of hydrogen-bond acceptors (Lipinski definition) is 3. The van der Waals surface area contributed by atoms with E-state index < -0.39 is 0 Å². The van der Waals surface area contributed by atoms with Crippen molar-refractivity contribution in [2.24, 2.45) is 0 Å². The van der Waals surface area contributed by atoms with Gasteiger partial charge >= 0.3 is 0 Å². The number of amides is 1. The van der Waals surface area contributed by atoms with Crippen LogP contribution in [0.25, 0.3) is 0 Å². The quantitative estimate of drug-likeness (QED) is 0.854. The van der Waals surface area contributed by atoms with Crippen LogP contribution >= 0.6 is 0 Å². The SMILES string of the molecule is CC1CN(C(=O)c2ccc3c(c2)CCCN3)C(C)CO1. The molecule has 0 spiro atoms. The molecule has 1 aromatic rings. The molecular formula is C16H22N2O2. The Morgan fingerprint density at radius 3 is 3.10 bits per heavy atom. The minimum Gasteiger partial charge on any atom is -0.385 e. The molecule has 3 rings (SSSR count). The average Bonchev–Trinajstić information content (AvgIpc) is 2.48. The Hall–Kier alpha value is -1.55. The lowest BCUT2D eigenvalue weighted by Gasteiger charge is -2.37. The summed E-state index contributed by atoms with van der Waals surface area (Å²) in [4.78, 5) is 14.6. The number of hydrogen-bond donors (Lipinski definition) is 1. The fraction of sp³-hybridized carbons (Fsp3) is 0.562. The van der Waals surface area contributed by atoms with Crippen molar-refractivity contribution in [1.82, 2.24) is 4.90 Å². The highest BCUT2D eigenvalue weighted by molar-refractivity contribution is 5.95. The van der Waals surface area contributed by atoms with E-state index in [0.29, 0.717) is 13.2 Å². The monoisotopic (exact) mass is 274 g/mol. The summed E-state index contributed by atoms with van der Waals surface area (Å²) in [6, 6.07) is 6.17. The average molecular weight is 274 g/mol. The molecule has 1 amide bonds. The molecule has 1 N–H and O–H groups in total. The maximum absolute atomic E-state index is 12.7. The third-order valence-corrected chi connectivity index (χ3v) is 4.16. The van der Waals surface area contributed by atoms with E-state index in [1.807, 2.05) is 30.9 Å². The van der Waals surface area contributed by atoms with E-state index in [1.165, 1.54) is 11.3 Å². The van der Waals surface area contributed by atoms with Gasteiger partial charge in [0, 0.05) is 24.3 Å². The highest BCUT2D eigenvalue weighted by Crippen LogP contribution is 2.24. The van der Waals surface area contributed by atoms with E-state index >= 15 is 0 Å². The molecule has 0 radical (unpaired) electrons. The van der Waals surface area contributed by atoms with Crippen molar-refractivity contribution in [3.05, 3.63) is 29.3 Å². The summed E-state index contributed by atoms with van der Waals surface area (Å²) < 4.78 is 5.59. The molecule has 1 fully saturated rings. The zero-order chi connectivity index (χ0) is 14.1. The van der Waals surface area contributed by atoms with Gasteiger partial charge in [-0.25, -0.2) is 0 Å². The van der Waals surface area contributed by atoms with Crippen molar-refractivity contribution >= 4 is 11.6 Å². The van der Waals surface area contributed by atoms with Gasteiger partial charge in [0.1, 0.15) is 0 Å². The molecule has 4 nitrogen and oxygen atoms in total. The molecule has 0 aromatic heterocycles. The molecule has 20 heavy (non-hydrogen) atoms. The third kappa shape index (κ3) is 2.52. The Bertz CT molecular complexity index is 515. The number of aryl methyl sites for hydroxylation is 1. The van der Waals surface area contributed by atoms with Gasteiger partial charge in [0.25, 0.3) is 5.91 Å². The topological polar surface area (TPSA) is 41.6 Å². The van der Waals surface area contributed by atoms with Crippen molar-refractivity contribution in [2.45, 2.75) is 38.8 Å². The van der Waals surface area contributed by atoms with Crippen LogP contribution in [-0.2, 0) is 11.2 Å². The lowest BCUT2D eigenvalue weighted by molar-refractivity contribution is -0.0387. The predicted octanol–water partition coefficient (Wildman–Crippen LogP) is 2.29. The number of rotatable bonds is 1. The molecule has 4 heteroatoms. The number of carbonyl (C=O) groups excluding carboxylic acids is 1. The predicted molar refractivity (Wildman–Crippen MR) is 79.2 cm³/mol. The maximum Gasteiger partial charge on any atom is 0.254 e. The second kappa shape index (κ2) is 5.44. The number of ether oxygens (including phenoxy) is 1. The lowest BCUT2D eigenvalue weighted by atomic mass is 10.00. The standard InChI is InChI=1S/C16H22N2O2/c1-11-10-20-12(2)9-18(11)16(19)14-5-6-15-13(8-14)4-3-7-17-15/h5-6,8,11-12,17H,3-4,7,9-10H2,1-2H3. The molecule has 1 saturated heterocycles. The van der Waals surface area contributed by atoms with Crippen molar-refractivity contribution < 1.29 is 9.53 Å². The Balaban J connectivity index is 1.82. The Kier molecular flexibility index (Phi) is 3.66. The fourth-order valence-corrected chi connectivity index (χ4v) is 2.96. The molecule has 2 heterocycles. The number of nitrogens with zero attached hydrogens (tertiary/aromatic N) is 1. The molecule has 0 aliphatic carbocycles. The number of nitrogens with one attached hydrogen (secondary N) is 1. The normalized spacial score (nSPS) is 25.8. The van der Waals surface area contributed by atoms with E-state index in [2.05, 4.69) is 11.4 Å². The van der Waals surface area contributed by atoms with Crippen LogP contribution < -0.4 is 5.32 Å². The zero-order valence-corrected chi connectivity index (χ0v) is 12.2. The van der Waals surface area contributed by atoms with Crippen molar-refractivity contribution in [3.63, 3.8) is 0 Å². The van der Waals surface area contributed by atoms with Gasteiger partial charge in [0.2, 0.25) is 0 Å². The minimum absolute atomic E-state index is 0.120. The van der Waals surface area contributed by atoms with Crippen LogP contribution in [0.1, 0.15) is 36.2 Å². The van der Waals surface area contributed by atoms with Crippen LogP contribution in [0.5, 0.6) is 0 Å². The van der Waals surface area contributed by atoms with Gasteiger partial charge in [-0.05, 0) is 50.5 Å². The molecule has 108 valence electrons. The second-order valence-corrected chi connectivity index (χ2v) is 5.85. The largest absolute Gasteiger partial charge is 0.385 e. The van der Waals surface area contributed by atoms with Gasteiger partial charge in [-0.3, -0.25) is 4.79 Å². The minimum atomic E-state index is 0.120. The molecule has 1 aromatic carbocycles. The van der Waals surface area contributed by atoms with Crippen LogP contribution in [0, 0.1) is 0 Å². The van der Waals surface area contributed by atoms with E-state index in [9.17, 15) is 4.79 Å². The number of morpholine rings is 1. The molecule has 2 aliphatic rings. The van der Waals surface area contributed by atoms with Gasteiger partial charge in [-0.1, -0.05) is 0 Å². The highest BCUT2D eigenvalue weighted by Gasteiger charge is 2.28. The van der Waals surface area contributed by atoms with E-state index in [0.717, 1.165) is 24.9 Å². The Morgan fingerprint density at radius 1 is 1.40 bits per heavy atom. The Labute approximate surface area is 120 Å². The first-order chi connectivity index (χ1) is 9.65. The summed E-state index contributed by atoms with van der Waals surface area (Å²) in [6.45, 7) is 6.39. The summed E-state index contributed by atoms with van der Waals surface area (Å²) in [5.74, 6) is 0.126. The summed E-state index contributed by atoms with van der Waals surface area (Å²) in [5.41, 5.74) is 3.24. The Morgan fingerprint density at radius 2 is 2.25 bits per heavy atom. The first-order valence-electron chi connectivity index (χ1n) is 7.44. The molecular weight excluding hydrogens is 252 g/mol. The van der Waals surface area contributed by atoms with Crippen LogP contribution in [0.15, 0.2) is 18.2 Å². The number of anilines is 1. The number of benzene rings is 1. The molecule has 2 unspecified atom stereocenters. The van der Waals surface area contributed by atoms with Crippen molar-refractivity contribution in [2.75, 3.05) is 25.0 Å². The van der Waals surface area contributed by atoms with Crippen LogP contribution in [0.4, 0.5) is 5.69 Å². The van der Waals surface area contributed by atoms with E-state index in [4.69, 9.17) is 4.74 Å². The zero-order valence-electron chi connectivity index (χ0n) is 12.2. The number of carbonyl (C=O) groups is 1. The first-order valence-corrected chi connectivity index (χ1v) is 7.44. The molecule has 2 aliphatic heterocycles. The van der Waals surface area contributed by atoms with Gasteiger partial charge in [0.15, 0.2) is 0 Å². The van der Waals surface area contributed by atoms with Crippen LogP contribution in [0.2, 0.25) is 0 Å². The molecule has 0 saturated carbocycles. The fourth-order valence-electron chi connectivity index (χ4n) is 2.96. The first kappa shape index (κ1) is 13.4. The van der Waals surface area contributed by atoms with Crippen LogP contribution in [-0.4, -0.2) is 42.6 Å². The van der Waals surface area contributed by atoms with E-state index in [1.54, 1.807) is 0 Å². The maximum atomic E-state index is 12.7. The van der Waals surface area contributed by atoms with Gasteiger partial charge in [-0.2, -0.15) is 0 Å². The smallest absolute Gasteiger partial charge is 0.254 e. The van der Waals surface area contributed by atoms with Gasteiger partial charge < -0.3 is 15.0 Å². The van der Waals surface area contributed by atoms with Gasteiger partial charge in [-0.15, -0.1) is 0 Å².